The molecule has 28 nitrogen and oxygen atoms in total. The number of hydrogen-bond acceptors (Lipinski definition) is 20. The van der Waals surface area contributed by atoms with Gasteiger partial charge >= 0.3 is 24.1 Å². The average molecular weight is 1760 g/mol. The van der Waals surface area contributed by atoms with Crippen molar-refractivity contribution in [3.8, 4) is 34.0 Å². The zero-order valence-electron chi connectivity index (χ0n) is 71.0. The number of anilines is 4. The van der Waals surface area contributed by atoms with Crippen LogP contribution in [0.1, 0.15) is 200 Å². The predicted octanol–water partition coefficient (Wildman–Crippen LogP) is 13.6. The number of carbonyl (C=O) groups is 4. The molecule has 34 heteroatoms. The molecule has 8 N–H and O–H groups in total. The topological polar surface area (TPSA) is 358 Å². The Kier molecular flexibility index (Phi) is 31.4. The number of aromatic nitrogens is 2. The van der Waals surface area contributed by atoms with Crippen LogP contribution in [0.3, 0.4) is 0 Å². The van der Waals surface area contributed by atoms with Crippen LogP contribution < -0.4 is 49.6 Å². The molecule has 656 valence electrons. The number of methoxy groups -OCH3 is 2. The Morgan fingerprint density at radius 3 is 1.21 bits per heavy atom. The van der Waals surface area contributed by atoms with E-state index < -0.39 is 85.2 Å². The summed E-state index contributed by atoms with van der Waals surface area (Å²) in [6.45, 7) is 26.3. The number of halogens is 2. The molecule has 4 aromatic carbocycles. The van der Waals surface area contributed by atoms with Gasteiger partial charge < -0.3 is 45.4 Å². The summed E-state index contributed by atoms with van der Waals surface area (Å²) in [7, 11) is -11.9. The van der Waals surface area contributed by atoms with Crippen molar-refractivity contribution < 1.29 is 66.7 Å². The second kappa shape index (κ2) is 40.8. The van der Waals surface area contributed by atoms with Crippen molar-refractivity contribution in [1.29, 1.82) is 0 Å². The van der Waals surface area contributed by atoms with Crippen LogP contribution in [0.2, 0.25) is 5.02 Å². The Morgan fingerprint density at radius 1 is 0.442 bits per heavy atom. The summed E-state index contributed by atoms with van der Waals surface area (Å²) < 4.78 is 136. The fraction of sp³-hybridized carbons (Fsp3) is 0.558. The van der Waals surface area contributed by atoms with Gasteiger partial charge in [-0.15, -0.1) is 0 Å². The van der Waals surface area contributed by atoms with Gasteiger partial charge in [0.05, 0.1) is 41.3 Å². The zero-order valence-corrected chi connectivity index (χ0v) is 75.0. The van der Waals surface area contributed by atoms with Gasteiger partial charge in [0, 0.05) is 71.2 Å². The predicted molar refractivity (Wildman–Crippen MR) is 471 cm³/mol. The lowest BCUT2D eigenvalue weighted by Crippen LogP contribution is -2.60. The molecule has 6 heterocycles. The monoisotopic (exact) mass is 1750 g/mol. The number of piperidine rings is 3. The van der Waals surface area contributed by atoms with Crippen LogP contribution in [-0.2, 0) is 91.5 Å². The van der Waals surface area contributed by atoms with Gasteiger partial charge in [0.2, 0.25) is 51.9 Å². The number of nitrogens with one attached hydrogen (secondary N) is 8. The van der Waals surface area contributed by atoms with E-state index in [1.54, 1.807) is 31.5 Å². The second-order valence-corrected chi connectivity index (χ2v) is 41.2. The molecule has 0 bridgehead atoms. The van der Waals surface area contributed by atoms with Crippen LogP contribution in [0.25, 0.3) is 22.3 Å². The van der Waals surface area contributed by atoms with Crippen molar-refractivity contribution in [2.75, 3.05) is 107 Å². The van der Waals surface area contributed by atoms with E-state index in [0.717, 1.165) is 150 Å². The molecule has 1 unspecified atom stereocenters. The number of aryl methyl sites for hydroxylation is 3. The van der Waals surface area contributed by atoms with Crippen molar-refractivity contribution in [2.45, 2.75) is 223 Å². The van der Waals surface area contributed by atoms with Crippen LogP contribution >= 0.6 is 11.6 Å². The Morgan fingerprint density at radius 2 is 0.800 bits per heavy atom. The number of benzene rings is 4. The highest BCUT2D eigenvalue weighted by Crippen LogP contribution is 2.43. The molecule has 4 fully saturated rings. The van der Waals surface area contributed by atoms with Crippen molar-refractivity contribution >= 4 is 98.6 Å². The molecule has 1 atom stereocenters. The first kappa shape index (κ1) is 92.4. The molecule has 8 aliphatic rings. The van der Waals surface area contributed by atoms with Gasteiger partial charge in [-0.2, -0.15) is 0 Å². The summed E-state index contributed by atoms with van der Waals surface area (Å²) in [5.74, 6) is 0.733. The quantitative estimate of drug-likeness (QED) is 0.0295. The lowest BCUT2D eigenvalue weighted by Gasteiger charge is -2.42. The highest BCUT2D eigenvalue weighted by molar-refractivity contribution is 7.91. The number of urea groups is 4. The SMILES string of the molecule is CCC(C)N1CC(S(=O)(=O)NC(=O)Nc2c(C(C)C)cc(Cl)cc2C(C)C)C1.CCN1CCC(S(=O)(=O)NC(=O)Nc2c(-c3ccnc(OC)c3)cc(F)c3c2CCC3)CC1.CCN1CCC(S(=O)(=O)NC(=O)Nc2c(-c3ccnc(OC)c3)ccc3c2CCC3)CC1.CCN1CCC(S(=O)(=O)NC(=O)Nc2c3c(cc4c2CCC4)CCC3)CC1. The van der Waals surface area contributed by atoms with Gasteiger partial charge in [-0.1, -0.05) is 85.2 Å². The average Bonchev–Trinajstić information content (AvgIpc) is 1.57. The fourth-order valence-corrected chi connectivity index (χ4v) is 22.9. The molecule has 4 saturated heterocycles. The van der Waals surface area contributed by atoms with E-state index in [9.17, 15) is 57.2 Å². The minimum Gasteiger partial charge on any atom is -0.481 e. The van der Waals surface area contributed by atoms with Crippen LogP contribution in [0, 0.1) is 5.82 Å². The summed E-state index contributed by atoms with van der Waals surface area (Å²) >= 11 is 6.24. The summed E-state index contributed by atoms with van der Waals surface area (Å²) in [4.78, 5) is 67.8. The number of likely N-dealkylation sites (tertiary alicyclic amines) is 4. The lowest BCUT2D eigenvalue weighted by atomic mass is 9.92. The van der Waals surface area contributed by atoms with E-state index >= 15 is 0 Å². The third-order valence-electron chi connectivity index (χ3n) is 24.7. The summed E-state index contributed by atoms with van der Waals surface area (Å²) in [6.07, 6.45) is 18.2. The molecular formula is C86H120ClFN14O14S4. The molecule has 2 aromatic heterocycles. The molecule has 0 saturated carbocycles. The Balaban J connectivity index is 0.000000157. The summed E-state index contributed by atoms with van der Waals surface area (Å²) in [5, 5.41) is 9.65. The molecule has 0 spiro atoms. The van der Waals surface area contributed by atoms with Crippen molar-refractivity contribution in [3.63, 3.8) is 0 Å². The van der Waals surface area contributed by atoms with Crippen LogP contribution in [0.15, 0.2) is 73.1 Å². The van der Waals surface area contributed by atoms with E-state index in [1.165, 1.54) is 47.2 Å². The minimum atomic E-state index is -3.84. The van der Waals surface area contributed by atoms with Gasteiger partial charge in [0.15, 0.2) is 0 Å². The molecule has 0 radical (unpaired) electrons. The summed E-state index contributed by atoms with van der Waals surface area (Å²) in [6, 6.07) is 15.8. The maximum Gasteiger partial charge on any atom is 0.332 e. The number of amides is 8. The molecule has 4 aliphatic heterocycles. The standard InChI is InChI=1S/C23H29FN4O4S.C23H30N4O4S.C20H32ClN3O3S.C20H29N3O3S/c1-3-28-11-8-16(9-12-28)33(30,31)27-23(29)26-22-18-6-4-5-17(18)20(24)14-19(22)15-7-10-25-21(13-15)32-2;1-3-27-13-10-18(11-14-27)32(29,30)26-23(28)25-22-19-6-4-5-16(19)7-8-20(22)17-9-12-24-21(15-17)31-2;1-7-14(6)24-10-16(11-24)28(26,27)23-20(25)22-19-17(12(2)3)8-15(21)9-18(19)13(4)5;1-2-23-11-9-16(10-12-23)27(25,26)22-20(24)21-19-17-7-3-5-14(17)13-15-6-4-8-18(15)19/h7,10,13-14,16H,3-6,8-9,11-12H2,1-2H3,(H2,26,27,29);7-9,12,15,18H,3-6,10-11,13-14H2,1-2H3,(H2,25,26,28);8-9,12-14,16H,7,10-11H2,1-6H3,(H2,22,23,25);13,16H,2-12H2,1H3,(H2,21,22,24). The maximum absolute atomic E-state index is 14.8. The largest absolute Gasteiger partial charge is 0.481 e. The third kappa shape index (κ3) is 22.8. The maximum atomic E-state index is 14.8. The smallest absolute Gasteiger partial charge is 0.332 e. The molecule has 14 rings (SSSR count). The van der Waals surface area contributed by atoms with E-state index in [0.29, 0.717) is 140 Å². The second-order valence-electron chi connectivity index (χ2n) is 32.9. The van der Waals surface area contributed by atoms with Gasteiger partial charge in [-0.3, -0.25) is 4.90 Å². The van der Waals surface area contributed by atoms with E-state index in [1.807, 2.05) is 58.9 Å². The number of nitrogens with zero attached hydrogens (tertiary/aromatic N) is 6. The Bertz CT molecular complexity index is 5110. The minimum absolute atomic E-state index is 0.124. The first-order valence-corrected chi connectivity index (χ1v) is 48.9. The van der Waals surface area contributed by atoms with E-state index in [2.05, 4.69) is 110 Å². The number of pyridine rings is 2. The number of fused-ring (bicyclic) bond motifs is 4. The van der Waals surface area contributed by atoms with Crippen LogP contribution in [0.5, 0.6) is 11.8 Å². The van der Waals surface area contributed by atoms with Crippen LogP contribution in [-0.4, -0.2) is 201 Å². The first-order valence-electron chi connectivity index (χ1n) is 42.4. The van der Waals surface area contributed by atoms with Crippen molar-refractivity contribution in [2.24, 2.45) is 0 Å². The number of carbonyl (C=O) groups excluding carboxylic acids is 4. The van der Waals surface area contributed by atoms with Gasteiger partial charge in [-0.25, -0.2) is 86.1 Å². The van der Waals surface area contributed by atoms with E-state index in [-0.39, 0.29) is 17.7 Å². The molecule has 4 aliphatic carbocycles. The summed E-state index contributed by atoms with van der Waals surface area (Å²) in [5.41, 5.74) is 15.6. The van der Waals surface area contributed by atoms with Crippen molar-refractivity contribution in [1.82, 2.24) is 48.5 Å². The van der Waals surface area contributed by atoms with Crippen molar-refractivity contribution in [3.05, 3.63) is 140 Å². The normalized spacial score (nSPS) is 17.7. The molecular weight excluding hydrogens is 1640 g/mol. The van der Waals surface area contributed by atoms with E-state index in [4.69, 9.17) is 21.1 Å². The molecule has 6 aromatic rings. The molecule has 120 heavy (non-hydrogen) atoms. The third-order valence-corrected chi connectivity index (χ3v) is 32.0. The van der Waals surface area contributed by atoms with Gasteiger partial charge in [0.1, 0.15) is 11.1 Å². The Labute approximate surface area is 713 Å². The zero-order chi connectivity index (χ0) is 86.5. The number of hydrogen-bond donors (Lipinski definition) is 8. The highest BCUT2D eigenvalue weighted by atomic mass is 35.5. The van der Waals surface area contributed by atoms with Gasteiger partial charge in [-0.05, 0) is 297 Å². The number of sulfonamides is 4. The van der Waals surface area contributed by atoms with Crippen LogP contribution in [0.4, 0.5) is 46.3 Å². The first-order chi connectivity index (χ1) is 57.2. The van der Waals surface area contributed by atoms with Gasteiger partial charge in [0.25, 0.3) is 0 Å². The Hall–Kier alpha value is -8.28. The highest BCUT2D eigenvalue weighted by Gasteiger charge is 2.41. The number of ether oxygens (including phenoxy) is 2. The fourth-order valence-electron chi connectivity index (χ4n) is 17.5. The number of rotatable bonds is 23. The lowest BCUT2D eigenvalue weighted by molar-refractivity contribution is 0.128. The molecule has 8 amide bonds.